The molecule has 1 spiro atoms. The number of hydrogen-bond acceptors (Lipinski definition) is 2. The predicted molar refractivity (Wildman–Crippen MR) is 78.4 cm³/mol. The molecule has 0 aromatic heterocycles. The zero-order valence-corrected chi connectivity index (χ0v) is 12.6. The Morgan fingerprint density at radius 3 is 2.85 bits per heavy atom. The van der Waals surface area contributed by atoms with E-state index >= 15 is 0 Å². The highest BCUT2D eigenvalue weighted by atomic mass is 19.1. The van der Waals surface area contributed by atoms with Crippen LogP contribution in [0.15, 0.2) is 18.2 Å². The Balaban J connectivity index is 1.96. The molecule has 1 heterocycles. The minimum atomic E-state index is -0.186. The van der Waals surface area contributed by atoms with E-state index in [9.17, 15) is 4.39 Å². The van der Waals surface area contributed by atoms with Crippen LogP contribution in [0.2, 0.25) is 0 Å². The van der Waals surface area contributed by atoms with Gasteiger partial charge in [0, 0.05) is 18.0 Å². The second kappa shape index (κ2) is 5.03. The summed E-state index contributed by atoms with van der Waals surface area (Å²) in [7, 11) is 1.95. The van der Waals surface area contributed by atoms with Gasteiger partial charge in [-0.2, -0.15) is 0 Å². The van der Waals surface area contributed by atoms with Crippen LogP contribution in [-0.4, -0.2) is 12.6 Å². The van der Waals surface area contributed by atoms with Crippen molar-refractivity contribution in [2.24, 2.45) is 11.8 Å². The van der Waals surface area contributed by atoms with Crippen molar-refractivity contribution < 1.29 is 9.13 Å². The molecule has 1 aliphatic heterocycles. The summed E-state index contributed by atoms with van der Waals surface area (Å²) in [5, 5.41) is 3.34. The molecule has 2 nitrogen and oxygen atoms in total. The maximum atomic E-state index is 13.5. The van der Waals surface area contributed by atoms with Gasteiger partial charge in [-0.15, -0.1) is 0 Å². The number of hydrogen-bond donors (Lipinski definition) is 1. The van der Waals surface area contributed by atoms with Gasteiger partial charge in [0.1, 0.15) is 17.2 Å². The highest BCUT2D eigenvalue weighted by molar-refractivity contribution is 5.39. The van der Waals surface area contributed by atoms with E-state index in [2.05, 4.69) is 19.2 Å². The van der Waals surface area contributed by atoms with Gasteiger partial charge in [-0.1, -0.05) is 13.8 Å². The van der Waals surface area contributed by atoms with Crippen LogP contribution in [0, 0.1) is 17.7 Å². The molecule has 1 fully saturated rings. The summed E-state index contributed by atoms with van der Waals surface area (Å²) >= 11 is 0. The summed E-state index contributed by atoms with van der Waals surface area (Å²) in [5.41, 5.74) is 0.884. The first-order valence-electron chi connectivity index (χ1n) is 7.70. The topological polar surface area (TPSA) is 21.3 Å². The monoisotopic (exact) mass is 277 g/mol. The summed E-state index contributed by atoms with van der Waals surface area (Å²) in [6, 6.07) is 5.09. The Morgan fingerprint density at radius 2 is 2.15 bits per heavy atom. The number of halogens is 1. The summed E-state index contributed by atoms with van der Waals surface area (Å²) in [6.07, 6.45) is 4.47. The quantitative estimate of drug-likeness (QED) is 0.835. The van der Waals surface area contributed by atoms with Gasteiger partial charge >= 0.3 is 0 Å². The third-order valence-corrected chi connectivity index (χ3v) is 5.27. The van der Waals surface area contributed by atoms with Gasteiger partial charge < -0.3 is 10.1 Å². The predicted octanol–water partition coefficient (Wildman–Crippen LogP) is 4.06. The molecule has 3 heteroatoms. The Labute approximate surface area is 120 Å². The van der Waals surface area contributed by atoms with Crippen LogP contribution in [0.5, 0.6) is 5.75 Å². The van der Waals surface area contributed by atoms with Crippen molar-refractivity contribution in [1.82, 2.24) is 5.32 Å². The minimum Gasteiger partial charge on any atom is -0.487 e. The first kappa shape index (κ1) is 13.9. The van der Waals surface area contributed by atoms with E-state index in [1.54, 1.807) is 12.1 Å². The van der Waals surface area contributed by atoms with Crippen molar-refractivity contribution in [2.45, 2.75) is 51.2 Å². The van der Waals surface area contributed by atoms with E-state index in [1.807, 2.05) is 7.05 Å². The fraction of sp³-hybridized carbons (Fsp3) is 0.647. The number of benzene rings is 1. The summed E-state index contributed by atoms with van der Waals surface area (Å²) < 4.78 is 19.9. The van der Waals surface area contributed by atoms with Gasteiger partial charge in [-0.3, -0.25) is 0 Å². The lowest BCUT2D eigenvalue weighted by Gasteiger charge is -2.49. The number of nitrogens with one attached hydrogen (secondary N) is 1. The smallest absolute Gasteiger partial charge is 0.125 e. The van der Waals surface area contributed by atoms with Crippen LogP contribution in [0.4, 0.5) is 4.39 Å². The van der Waals surface area contributed by atoms with Crippen LogP contribution >= 0.6 is 0 Å². The number of ether oxygens (including phenoxy) is 1. The third kappa shape index (κ3) is 2.22. The molecule has 4 atom stereocenters. The average Bonchev–Trinajstić information content (AvgIpc) is 2.43. The van der Waals surface area contributed by atoms with E-state index in [0.29, 0.717) is 5.92 Å². The van der Waals surface area contributed by atoms with Gasteiger partial charge in [-0.05, 0) is 56.3 Å². The van der Waals surface area contributed by atoms with Crippen LogP contribution in [0.25, 0.3) is 0 Å². The maximum Gasteiger partial charge on any atom is 0.125 e. The lowest BCUT2D eigenvalue weighted by atomic mass is 9.68. The highest BCUT2D eigenvalue weighted by Crippen LogP contribution is 2.49. The van der Waals surface area contributed by atoms with Crippen molar-refractivity contribution in [3.05, 3.63) is 29.6 Å². The Hall–Kier alpha value is -1.09. The second-order valence-electron chi connectivity index (χ2n) is 6.67. The van der Waals surface area contributed by atoms with E-state index in [1.165, 1.54) is 18.9 Å². The summed E-state index contributed by atoms with van der Waals surface area (Å²) in [6.45, 7) is 4.63. The highest BCUT2D eigenvalue weighted by Gasteiger charge is 2.47. The Morgan fingerprint density at radius 1 is 1.35 bits per heavy atom. The first-order valence-corrected chi connectivity index (χ1v) is 7.70. The molecule has 4 unspecified atom stereocenters. The largest absolute Gasteiger partial charge is 0.487 e. The molecule has 1 aromatic carbocycles. The van der Waals surface area contributed by atoms with Crippen molar-refractivity contribution in [2.75, 3.05) is 7.05 Å². The van der Waals surface area contributed by atoms with Crippen molar-refractivity contribution in [3.8, 4) is 5.75 Å². The molecule has 2 aliphatic rings. The van der Waals surface area contributed by atoms with Gasteiger partial charge in [-0.25, -0.2) is 4.39 Å². The van der Waals surface area contributed by atoms with E-state index in [4.69, 9.17) is 4.74 Å². The Kier molecular flexibility index (Phi) is 3.49. The molecule has 0 amide bonds. The van der Waals surface area contributed by atoms with E-state index in [-0.39, 0.29) is 17.5 Å². The van der Waals surface area contributed by atoms with E-state index < -0.39 is 0 Å². The molecule has 1 saturated carbocycles. The summed E-state index contributed by atoms with van der Waals surface area (Å²) in [4.78, 5) is 0. The first-order chi connectivity index (χ1) is 9.54. The molecular weight excluding hydrogens is 253 g/mol. The SMILES string of the molecule is CNC1CC2(CCC(C)CC2C)Oc2ccc(F)cc21. The molecule has 0 radical (unpaired) electrons. The van der Waals surface area contributed by atoms with Gasteiger partial charge in [0.25, 0.3) is 0 Å². The maximum absolute atomic E-state index is 13.5. The van der Waals surface area contributed by atoms with Crippen LogP contribution in [-0.2, 0) is 0 Å². The van der Waals surface area contributed by atoms with E-state index in [0.717, 1.165) is 30.1 Å². The second-order valence-corrected chi connectivity index (χ2v) is 6.67. The average molecular weight is 277 g/mol. The minimum absolute atomic E-state index is 0.0784. The van der Waals surface area contributed by atoms with Crippen LogP contribution in [0.1, 0.15) is 51.1 Å². The zero-order valence-electron chi connectivity index (χ0n) is 12.6. The lowest BCUT2D eigenvalue weighted by molar-refractivity contribution is -0.0547. The van der Waals surface area contributed by atoms with Gasteiger partial charge in [0.05, 0.1) is 0 Å². The molecule has 1 N–H and O–H groups in total. The summed E-state index contributed by atoms with van der Waals surface area (Å²) in [5.74, 6) is 1.99. The molecule has 1 aliphatic carbocycles. The molecular formula is C17H24FNO. The molecule has 3 rings (SSSR count). The zero-order chi connectivity index (χ0) is 14.3. The van der Waals surface area contributed by atoms with Crippen molar-refractivity contribution in [1.29, 1.82) is 0 Å². The van der Waals surface area contributed by atoms with Gasteiger partial charge in [0.2, 0.25) is 0 Å². The van der Waals surface area contributed by atoms with Gasteiger partial charge in [0.15, 0.2) is 0 Å². The molecule has 0 bridgehead atoms. The van der Waals surface area contributed by atoms with Crippen molar-refractivity contribution >= 4 is 0 Å². The van der Waals surface area contributed by atoms with Crippen LogP contribution in [0.3, 0.4) is 0 Å². The standard InChI is InChI=1S/C17H24FNO/c1-11-6-7-17(12(2)8-11)10-15(19-3)14-9-13(18)4-5-16(14)20-17/h4-5,9,11-12,15,19H,6-8,10H2,1-3H3. The Bertz CT molecular complexity index is 504. The normalized spacial score (nSPS) is 36.5. The number of fused-ring (bicyclic) bond motifs is 1. The molecule has 110 valence electrons. The number of rotatable bonds is 1. The molecule has 0 saturated heterocycles. The van der Waals surface area contributed by atoms with Crippen molar-refractivity contribution in [3.63, 3.8) is 0 Å². The molecule has 20 heavy (non-hydrogen) atoms. The fourth-order valence-corrected chi connectivity index (χ4v) is 3.99. The third-order valence-electron chi connectivity index (χ3n) is 5.27. The fourth-order valence-electron chi connectivity index (χ4n) is 3.99. The molecule has 1 aromatic rings. The lowest BCUT2D eigenvalue weighted by Crippen LogP contribution is -2.51. The van der Waals surface area contributed by atoms with Crippen LogP contribution < -0.4 is 10.1 Å².